The standard InChI is InChI=1S/C11H11F4NO2/c1-6-4-7(2)16-8(5-6)10(12,9(17)18-3)11(13,14)15/h4-5H,1-3H3. The molecule has 0 aliphatic rings. The Hall–Kier alpha value is -1.66. The number of hydrogen-bond acceptors (Lipinski definition) is 3. The third-order valence-electron chi connectivity index (χ3n) is 2.31. The van der Waals surface area contributed by atoms with Crippen molar-refractivity contribution >= 4 is 5.97 Å². The molecule has 0 radical (unpaired) electrons. The van der Waals surface area contributed by atoms with Crippen molar-refractivity contribution in [3.63, 3.8) is 0 Å². The van der Waals surface area contributed by atoms with Crippen LogP contribution in [0.5, 0.6) is 0 Å². The van der Waals surface area contributed by atoms with Crippen LogP contribution in [0.2, 0.25) is 0 Å². The Labute approximate surface area is 101 Å². The van der Waals surface area contributed by atoms with E-state index in [-0.39, 0.29) is 5.69 Å². The number of rotatable bonds is 2. The second kappa shape index (κ2) is 4.55. The van der Waals surface area contributed by atoms with E-state index in [1.54, 1.807) is 0 Å². The number of carbonyl (C=O) groups is 1. The number of aromatic nitrogens is 1. The monoisotopic (exact) mass is 265 g/mol. The molecule has 0 aliphatic heterocycles. The average molecular weight is 265 g/mol. The number of methoxy groups -OCH3 is 1. The van der Waals surface area contributed by atoms with Gasteiger partial charge < -0.3 is 4.74 Å². The molecule has 0 N–H and O–H groups in total. The van der Waals surface area contributed by atoms with Gasteiger partial charge in [0.2, 0.25) is 0 Å². The average Bonchev–Trinajstić information content (AvgIpc) is 2.23. The molecular weight excluding hydrogens is 254 g/mol. The van der Waals surface area contributed by atoms with Crippen LogP contribution in [0, 0.1) is 13.8 Å². The van der Waals surface area contributed by atoms with Crippen LogP contribution in [0.3, 0.4) is 0 Å². The number of ether oxygens (including phenoxy) is 1. The maximum atomic E-state index is 14.1. The molecule has 0 saturated carbocycles. The van der Waals surface area contributed by atoms with E-state index in [9.17, 15) is 22.4 Å². The molecule has 0 bridgehead atoms. The van der Waals surface area contributed by atoms with Gasteiger partial charge in [-0.25, -0.2) is 9.18 Å². The van der Waals surface area contributed by atoms with E-state index in [1.807, 2.05) is 0 Å². The van der Waals surface area contributed by atoms with Crippen molar-refractivity contribution in [1.82, 2.24) is 4.98 Å². The fraction of sp³-hybridized carbons (Fsp3) is 0.455. The lowest BCUT2D eigenvalue weighted by Crippen LogP contribution is -2.46. The zero-order valence-electron chi connectivity index (χ0n) is 9.93. The Morgan fingerprint density at radius 2 is 1.78 bits per heavy atom. The normalized spacial score (nSPS) is 15.1. The van der Waals surface area contributed by atoms with E-state index in [0.29, 0.717) is 12.7 Å². The molecule has 0 saturated heterocycles. The van der Waals surface area contributed by atoms with Gasteiger partial charge in [0.15, 0.2) is 0 Å². The Balaban J connectivity index is 3.49. The van der Waals surface area contributed by atoms with Crippen molar-refractivity contribution in [2.75, 3.05) is 7.11 Å². The second-order valence-corrected chi connectivity index (χ2v) is 3.82. The van der Waals surface area contributed by atoms with Gasteiger partial charge in [-0.2, -0.15) is 13.2 Å². The largest absolute Gasteiger partial charge is 0.466 e. The molecule has 1 rings (SSSR count). The van der Waals surface area contributed by atoms with Gasteiger partial charge >= 0.3 is 17.8 Å². The first kappa shape index (κ1) is 14.4. The molecule has 18 heavy (non-hydrogen) atoms. The number of hydrogen-bond donors (Lipinski definition) is 0. The summed E-state index contributed by atoms with van der Waals surface area (Å²) in [7, 11) is 0.686. The lowest BCUT2D eigenvalue weighted by atomic mass is 9.99. The summed E-state index contributed by atoms with van der Waals surface area (Å²) in [5, 5.41) is 0. The molecule has 1 heterocycles. The first-order valence-electron chi connectivity index (χ1n) is 4.92. The van der Waals surface area contributed by atoms with Gasteiger partial charge in [-0.3, -0.25) is 4.98 Å². The molecule has 100 valence electrons. The highest BCUT2D eigenvalue weighted by Gasteiger charge is 2.65. The molecule has 1 aromatic heterocycles. The lowest BCUT2D eigenvalue weighted by molar-refractivity contribution is -0.243. The fourth-order valence-corrected chi connectivity index (χ4v) is 1.52. The molecule has 7 heteroatoms. The van der Waals surface area contributed by atoms with Gasteiger partial charge in [-0.1, -0.05) is 0 Å². The van der Waals surface area contributed by atoms with Gasteiger partial charge in [0.25, 0.3) is 0 Å². The predicted octanol–water partition coefficient (Wildman–Crippen LogP) is 2.60. The van der Waals surface area contributed by atoms with Crippen molar-refractivity contribution in [1.29, 1.82) is 0 Å². The van der Waals surface area contributed by atoms with Crippen molar-refractivity contribution in [2.24, 2.45) is 0 Å². The molecule has 0 fully saturated rings. The zero-order valence-corrected chi connectivity index (χ0v) is 9.93. The summed E-state index contributed by atoms with van der Waals surface area (Å²) in [5.41, 5.74) is -4.72. The van der Waals surface area contributed by atoms with Crippen molar-refractivity contribution in [3.05, 3.63) is 29.1 Å². The van der Waals surface area contributed by atoms with Crippen LogP contribution in [-0.2, 0) is 15.2 Å². The minimum Gasteiger partial charge on any atom is -0.466 e. The second-order valence-electron chi connectivity index (χ2n) is 3.82. The topological polar surface area (TPSA) is 39.2 Å². The van der Waals surface area contributed by atoms with Crippen molar-refractivity contribution < 1.29 is 27.1 Å². The summed E-state index contributed by atoms with van der Waals surface area (Å²) >= 11 is 0. The molecule has 1 unspecified atom stereocenters. The first-order valence-corrected chi connectivity index (χ1v) is 4.92. The number of esters is 1. The van der Waals surface area contributed by atoms with E-state index in [0.717, 1.165) is 6.07 Å². The SMILES string of the molecule is COC(=O)C(F)(c1cc(C)cc(C)n1)C(F)(F)F. The highest BCUT2D eigenvalue weighted by atomic mass is 19.4. The maximum Gasteiger partial charge on any atom is 0.439 e. The van der Waals surface area contributed by atoms with Gasteiger partial charge in [0, 0.05) is 5.69 Å². The summed E-state index contributed by atoms with van der Waals surface area (Å²) in [6, 6.07) is 2.34. The first-order chi connectivity index (χ1) is 8.12. The van der Waals surface area contributed by atoms with Crippen LogP contribution < -0.4 is 0 Å². The minimum absolute atomic E-state index is 0.181. The molecule has 0 aliphatic carbocycles. The van der Waals surface area contributed by atoms with Crippen LogP contribution in [0.25, 0.3) is 0 Å². The predicted molar refractivity (Wildman–Crippen MR) is 54.6 cm³/mol. The molecule has 0 spiro atoms. The van der Waals surface area contributed by atoms with Crippen LogP contribution in [0.15, 0.2) is 12.1 Å². The van der Waals surface area contributed by atoms with E-state index in [1.165, 1.54) is 19.9 Å². The summed E-state index contributed by atoms with van der Waals surface area (Å²) < 4.78 is 56.4. The molecule has 1 atom stereocenters. The van der Waals surface area contributed by atoms with Crippen LogP contribution >= 0.6 is 0 Å². The fourth-order valence-electron chi connectivity index (χ4n) is 1.52. The molecule has 0 amide bonds. The molecule has 3 nitrogen and oxygen atoms in total. The van der Waals surface area contributed by atoms with Crippen LogP contribution in [-0.4, -0.2) is 24.2 Å². The summed E-state index contributed by atoms with van der Waals surface area (Å²) in [6.07, 6.45) is -5.44. The smallest absolute Gasteiger partial charge is 0.439 e. The van der Waals surface area contributed by atoms with Crippen LogP contribution in [0.4, 0.5) is 17.6 Å². The maximum absolute atomic E-state index is 14.1. The van der Waals surface area contributed by atoms with E-state index >= 15 is 0 Å². The van der Waals surface area contributed by atoms with E-state index in [2.05, 4.69) is 9.72 Å². The van der Waals surface area contributed by atoms with Crippen molar-refractivity contribution in [3.8, 4) is 0 Å². The van der Waals surface area contributed by atoms with E-state index in [4.69, 9.17) is 0 Å². The summed E-state index contributed by atoms with van der Waals surface area (Å²) in [6.45, 7) is 2.89. The van der Waals surface area contributed by atoms with Crippen LogP contribution in [0.1, 0.15) is 17.0 Å². The van der Waals surface area contributed by atoms with Crippen molar-refractivity contribution in [2.45, 2.75) is 25.7 Å². The number of aryl methyl sites for hydroxylation is 2. The molecule has 0 aromatic carbocycles. The number of carbonyl (C=O) groups excluding carboxylic acids is 1. The van der Waals surface area contributed by atoms with Gasteiger partial charge in [-0.15, -0.1) is 0 Å². The minimum atomic E-state index is -5.44. The number of pyridine rings is 1. The third kappa shape index (κ3) is 2.30. The lowest BCUT2D eigenvalue weighted by Gasteiger charge is -2.25. The van der Waals surface area contributed by atoms with Gasteiger partial charge in [0.05, 0.1) is 12.8 Å². The zero-order chi connectivity index (χ0) is 14.1. The summed E-state index contributed by atoms with van der Waals surface area (Å²) in [4.78, 5) is 14.6. The molecule has 1 aromatic rings. The highest BCUT2D eigenvalue weighted by Crippen LogP contribution is 2.43. The Kier molecular flexibility index (Phi) is 3.64. The third-order valence-corrected chi connectivity index (χ3v) is 2.31. The highest BCUT2D eigenvalue weighted by molar-refractivity contribution is 5.81. The Morgan fingerprint density at radius 3 is 2.17 bits per heavy atom. The van der Waals surface area contributed by atoms with Gasteiger partial charge in [-0.05, 0) is 31.5 Å². The number of nitrogens with zero attached hydrogens (tertiary/aromatic N) is 1. The number of halogens is 4. The molecular formula is C11H11F4NO2. The van der Waals surface area contributed by atoms with Gasteiger partial charge in [0.1, 0.15) is 0 Å². The Bertz CT molecular complexity index is 452. The Morgan fingerprint density at radius 1 is 1.22 bits per heavy atom. The summed E-state index contributed by atoms with van der Waals surface area (Å²) in [5.74, 6) is -2.03. The van der Waals surface area contributed by atoms with E-state index < -0.39 is 23.5 Å². The number of alkyl halides is 4. The quantitative estimate of drug-likeness (QED) is 0.609.